The summed E-state index contributed by atoms with van der Waals surface area (Å²) in [6.07, 6.45) is 3.13. The summed E-state index contributed by atoms with van der Waals surface area (Å²) in [5, 5.41) is 21.5. The van der Waals surface area contributed by atoms with Crippen LogP contribution in [0.5, 0.6) is 0 Å². The molecular formula is C19H23F2N3O4. The van der Waals surface area contributed by atoms with Crippen LogP contribution >= 0.6 is 0 Å². The topological polar surface area (TPSA) is 104 Å². The number of carboxylic acids is 2. The molecule has 1 aromatic carbocycles. The van der Waals surface area contributed by atoms with Crippen molar-refractivity contribution in [2.75, 3.05) is 0 Å². The number of carbonyl (C=O) groups is 2. The van der Waals surface area contributed by atoms with E-state index in [4.69, 9.17) is 0 Å². The summed E-state index contributed by atoms with van der Waals surface area (Å²) < 4.78 is 28.3. The number of rotatable bonds is 10. The molecule has 152 valence electrons. The first-order chi connectivity index (χ1) is 13.2. The molecule has 0 saturated carbocycles. The van der Waals surface area contributed by atoms with Gasteiger partial charge in [-0.3, -0.25) is 14.9 Å². The van der Waals surface area contributed by atoms with Crippen LogP contribution in [0, 0.1) is 17.6 Å². The molecule has 1 heterocycles. The molecule has 0 fully saturated rings. The second-order valence-electron chi connectivity index (χ2n) is 7.07. The Morgan fingerprint density at radius 3 is 2.25 bits per heavy atom. The normalized spacial score (nSPS) is 13.5. The van der Waals surface area contributed by atoms with E-state index in [2.05, 4.69) is 10.3 Å². The van der Waals surface area contributed by atoms with Gasteiger partial charge in [0, 0.05) is 30.9 Å². The van der Waals surface area contributed by atoms with Crippen molar-refractivity contribution in [3.8, 4) is 0 Å². The summed E-state index contributed by atoms with van der Waals surface area (Å²) in [5.74, 6) is -3.67. The van der Waals surface area contributed by atoms with E-state index in [0.29, 0.717) is 11.3 Å². The zero-order valence-electron chi connectivity index (χ0n) is 15.6. The number of nitrogens with one attached hydrogen (secondary N) is 1. The van der Waals surface area contributed by atoms with Crippen LogP contribution < -0.4 is 5.32 Å². The fraction of sp³-hybridized carbons (Fsp3) is 0.421. The number of benzene rings is 1. The van der Waals surface area contributed by atoms with Crippen molar-refractivity contribution in [1.29, 1.82) is 0 Å². The van der Waals surface area contributed by atoms with E-state index in [1.54, 1.807) is 4.57 Å². The minimum Gasteiger partial charge on any atom is -0.480 e. The zero-order chi connectivity index (χ0) is 20.8. The van der Waals surface area contributed by atoms with Gasteiger partial charge >= 0.3 is 11.9 Å². The van der Waals surface area contributed by atoms with Gasteiger partial charge in [-0.1, -0.05) is 13.8 Å². The monoisotopic (exact) mass is 395 g/mol. The lowest BCUT2D eigenvalue weighted by molar-refractivity contribution is -0.142. The second-order valence-corrected chi connectivity index (χ2v) is 7.07. The highest BCUT2D eigenvalue weighted by molar-refractivity contribution is 5.77. The molecule has 0 amide bonds. The molecule has 0 aliphatic heterocycles. The van der Waals surface area contributed by atoms with E-state index in [1.165, 1.54) is 24.7 Å². The van der Waals surface area contributed by atoms with E-state index >= 15 is 0 Å². The molecule has 9 heteroatoms. The van der Waals surface area contributed by atoms with Crippen LogP contribution in [-0.4, -0.2) is 43.8 Å². The predicted molar refractivity (Wildman–Crippen MR) is 96.8 cm³/mol. The molecule has 0 radical (unpaired) electrons. The second kappa shape index (κ2) is 9.41. The van der Waals surface area contributed by atoms with E-state index in [1.807, 2.05) is 13.8 Å². The van der Waals surface area contributed by atoms with Gasteiger partial charge in [0.1, 0.15) is 23.7 Å². The van der Waals surface area contributed by atoms with Gasteiger partial charge in [0.05, 0.1) is 6.33 Å². The molecule has 2 atom stereocenters. The van der Waals surface area contributed by atoms with Gasteiger partial charge < -0.3 is 14.8 Å². The highest BCUT2D eigenvalue weighted by atomic mass is 19.1. The van der Waals surface area contributed by atoms with E-state index in [9.17, 15) is 28.6 Å². The largest absolute Gasteiger partial charge is 0.480 e. The molecule has 2 rings (SSSR count). The van der Waals surface area contributed by atoms with Crippen LogP contribution in [-0.2, 0) is 22.6 Å². The zero-order valence-corrected chi connectivity index (χ0v) is 15.6. The fourth-order valence-corrected chi connectivity index (χ4v) is 2.94. The summed E-state index contributed by atoms with van der Waals surface area (Å²) in [5.41, 5.74) is 0.859. The van der Waals surface area contributed by atoms with Crippen molar-refractivity contribution >= 4 is 11.9 Å². The number of imidazole rings is 1. The SMILES string of the molecule is CC(C)C[C@H](NC(Cc1cncn1Cc1cc(F)cc(F)c1)C(=O)O)C(=O)O. The number of carboxylic acid groups (broad SMARTS) is 2. The molecule has 7 nitrogen and oxygen atoms in total. The Balaban J connectivity index is 2.17. The summed E-state index contributed by atoms with van der Waals surface area (Å²) >= 11 is 0. The minimum absolute atomic E-state index is 0.0327. The summed E-state index contributed by atoms with van der Waals surface area (Å²) in [7, 11) is 0. The predicted octanol–water partition coefficient (Wildman–Crippen LogP) is 2.29. The van der Waals surface area contributed by atoms with Gasteiger partial charge in [-0.05, 0) is 30.0 Å². The molecule has 0 bridgehead atoms. The first kappa shape index (κ1) is 21.5. The van der Waals surface area contributed by atoms with Gasteiger partial charge in [0.15, 0.2) is 0 Å². The highest BCUT2D eigenvalue weighted by Gasteiger charge is 2.27. The van der Waals surface area contributed by atoms with Crippen molar-refractivity contribution in [3.05, 3.63) is 53.6 Å². The third kappa shape index (κ3) is 6.12. The van der Waals surface area contributed by atoms with E-state index in [0.717, 1.165) is 6.07 Å². The number of hydrogen-bond donors (Lipinski definition) is 3. The van der Waals surface area contributed by atoms with Gasteiger partial charge in [-0.15, -0.1) is 0 Å². The van der Waals surface area contributed by atoms with Gasteiger partial charge in [-0.2, -0.15) is 0 Å². The Labute approximate surface area is 161 Å². The third-order valence-electron chi connectivity index (χ3n) is 4.19. The van der Waals surface area contributed by atoms with Crippen LogP contribution in [0.3, 0.4) is 0 Å². The lowest BCUT2D eigenvalue weighted by Gasteiger charge is -2.22. The number of aliphatic carboxylic acids is 2. The molecule has 2 aromatic rings. The quantitative estimate of drug-likeness (QED) is 0.570. The maximum atomic E-state index is 13.4. The molecule has 0 aliphatic rings. The average molecular weight is 395 g/mol. The van der Waals surface area contributed by atoms with Gasteiger partial charge in [-0.25, -0.2) is 13.8 Å². The Morgan fingerprint density at radius 2 is 1.71 bits per heavy atom. The van der Waals surface area contributed by atoms with Crippen molar-refractivity contribution < 1.29 is 28.6 Å². The van der Waals surface area contributed by atoms with Crippen LogP contribution in [0.25, 0.3) is 0 Å². The van der Waals surface area contributed by atoms with Crippen molar-refractivity contribution in [2.24, 2.45) is 5.92 Å². The summed E-state index contributed by atoms with van der Waals surface area (Å²) in [4.78, 5) is 27.0. The molecular weight excluding hydrogens is 372 g/mol. The lowest BCUT2D eigenvalue weighted by atomic mass is 10.0. The number of hydrogen-bond acceptors (Lipinski definition) is 4. The fourth-order valence-electron chi connectivity index (χ4n) is 2.94. The smallest absolute Gasteiger partial charge is 0.321 e. The van der Waals surface area contributed by atoms with Crippen LogP contribution in [0.1, 0.15) is 31.5 Å². The molecule has 3 N–H and O–H groups in total. The highest BCUT2D eigenvalue weighted by Crippen LogP contribution is 2.13. The van der Waals surface area contributed by atoms with Crippen molar-refractivity contribution in [3.63, 3.8) is 0 Å². The third-order valence-corrected chi connectivity index (χ3v) is 4.19. The Kier molecular flexibility index (Phi) is 7.22. The van der Waals surface area contributed by atoms with Gasteiger partial charge in [0.2, 0.25) is 0 Å². The van der Waals surface area contributed by atoms with E-state index < -0.39 is 35.7 Å². The molecule has 1 unspecified atom stereocenters. The Bertz CT molecular complexity index is 818. The van der Waals surface area contributed by atoms with Crippen molar-refractivity contribution in [2.45, 2.75) is 45.3 Å². The molecule has 0 saturated heterocycles. The summed E-state index contributed by atoms with van der Waals surface area (Å²) in [6, 6.07) is 0.976. The number of aromatic nitrogens is 2. The standard InChI is InChI=1S/C19H23F2N3O4/c1-11(2)3-16(18(25)26)23-17(19(27)28)7-15-8-22-10-24(15)9-12-4-13(20)6-14(21)5-12/h4-6,8,10-11,16-17,23H,3,7,9H2,1-2H3,(H,25,26)(H,27,28)/t16-,17?/m0/s1. The minimum atomic E-state index is -1.19. The first-order valence-electron chi connectivity index (χ1n) is 8.81. The summed E-state index contributed by atoms with van der Waals surface area (Å²) in [6.45, 7) is 3.80. The van der Waals surface area contributed by atoms with Gasteiger partial charge in [0.25, 0.3) is 0 Å². The van der Waals surface area contributed by atoms with Crippen molar-refractivity contribution in [1.82, 2.24) is 14.9 Å². The molecule has 0 aliphatic carbocycles. The molecule has 28 heavy (non-hydrogen) atoms. The van der Waals surface area contributed by atoms with E-state index in [-0.39, 0.29) is 25.3 Å². The average Bonchev–Trinajstić information content (AvgIpc) is 2.98. The number of halogens is 2. The van der Waals surface area contributed by atoms with Crippen LogP contribution in [0.2, 0.25) is 0 Å². The number of nitrogens with zero attached hydrogens (tertiary/aromatic N) is 2. The Hall–Kier alpha value is -2.81. The van der Waals surface area contributed by atoms with Crippen LogP contribution in [0.15, 0.2) is 30.7 Å². The molecule has 0 spiro atoms. The Morgan fingerprint density at radius 1 is 1.11 bits per heavy atom. The first-order valence-corrected chi connectivity index (χ1v) is 8.81. The lowest BCUT2D eigenvalue weighted by Crippen LogP contribution is -2.49. The maximum absolute atomic E-state index is 13.4. The maximum Gasteiger partial charge on any atom is 0.321 e. The van der Waals surface area contributed by atoms with Crippen LogP contribution in [0.4, 0.5) is 8.78 Å². The molecule has 1 aromatic heterocycles.